The van der Waals surface area contributed by atoms with Crippen LogP contribution in [0.15, 0.2) is 22.1 Å². The van der Waals surface area contributed by atoms with Gasteiger partial charge in [-0.15, -0.1) is 22.7 Å². The zero-order valence-electron chi connectivity index (χ0n) is 18.1. The molecule has 3 aliphatic rings. The molecule has 2 aromatic rings. The summed E-state index contributed by atoms with van der Waals surface area (Å²) in [5.41, 5.74) is 2.17. The summed E-state index contributed by atoms with van der Waals surface area (Å²) in [4.78, 5) is 39.8. The highest BCUT2D eigenvalue weighted by molar-refractivity contribution is 8.35. The van der Waals surface area contributed by atoms with E-state index >= 15 is 0 Å². The van der Waals surface area contributed by atoms with Gasteiger partial charge in [0.05, 0.1) is 9.75 Å². The highest BCUT2D eigenvalue weighted by Gasteiger charge is 2.40. The van der Waals surface area contributed by atoms with Crippen molar-refractivity contribution in [2.45, 2.75) is 33.1 Å². The van der Waals surface area contributed by atoms with E-state index in [-0.39, 0.29) is 17.2 Å². The molecule has 2 fully saturated rings. The number of aliphatic imine (C=N–C) groups is 2. The topological polar surface area (TPSA) is 65.3 Å². The third-order valence-electron chi connectivity index (χ3n) is 5.71. The van der Waals surface area contributed by atoms with E-state index in [9.17, 15) is 9.59 Å². The molecule has 0 unspecified atom stereocenters. The first-order chi connectivity index (χ1) is 15.6. The maximum Gasteiger partial charge on any atom is 0.285 e. The van der Waals surface area contributed by atoms with Crippen LogP contribution in [0.1, 0.15) is 38.8 Å². The number of nitrogens with zero attached hydrogens (tertiary/aromatic N) is 4. The Bertz CT molecular complexity index is 1220. The van der Waals surface area contributed by atoms with Gasteiger partial charge in [0.25, 0.3) is 11.8 Å². The van der Waals surface area contributed by atoms with Crippen LogP contribution in [0.5, 0.6) is 0 Å². The van der Waals surface area contributed by atoms with Gasteiger partial charge in [0, 0.05) is 18.5 Å². The van der Waals surface area contributed by atoms with Crippen molar-refractivity contribution in [2.75, 3.05) is 13.1 Å². The van der Waals surface area contributed by atoms with Gasteiger partial charge < -0.3 is 0 Å². The van der Waals surface area contributed by atoms with Gasteiger partial charge in [-0.2, -0.15) is 0 Å². The lowest BCUT2D eigenvalue weighted by Crippen LogP contribution is -2.29. The lowest BCUT2D eigenvalue weighted by Gasteiger charge is -2.18. The van der Waals surface area contributed by atoms with Crippen molar-refractivity contribution in [2.24, 2.45) is 9.98 Å². The fourth-order valence-corrected chi connectivity index (χ4v) is 9.14. The Morgan fingerprint density at radius 2 is 1.21 bits per heavy atom. The predicted molar refractivity (Wildman–Crippen MR) is 149 cm³/mol. The van der Waals surface area contributed by atoms with Crippen molar-refractivity contribution in [1.82, 2.24) is 9.80 Å². The first-order valence-corrected chi connectivity index (χ1v) is 14.3. The molecule has 2 amide bonds. The standard InChI is InChI=1S/C21H18N4O2S6/c1-5-24-17(26)15(32-19(24)28)22-11-7-9-13(30-11)14-10(21(9,3)4)8-12(31-14)23-16-18(27)25(6-2)20(29)33-16/h7-8H,5-6H2,1-4H3. The van der Waals surface area contributed by atoms with E-state index in [0.717, 1.165) is 19.8 Å². The molecule has 12 heteroatoms. The van der Waals surface area contributed by atoms with Crippen LogP contribution >= 0.6 is 70.6 Å². The molecule has 6 nitrogen and oxygen atoms in total. The second-order valence-corrected chi connectivity index (χ2v) is 13.3. The van der Waals surface area contributed by atoms with Crippen LogP contribution in [-0.2, 0) is 15.0 Å². The minimum absolute atomic E-state index is 0.131. The number of carbonyl (C=O) groups is 2. The monoisotopic (exact) mass is 550 g/mol. The number of amides is 2. The van der Waals surface area contributed by atoms with Gasteiger partial charge in [-0.05, 0) is 60.6 Å². The molecule has 2 aromatic heterocycles. The Labute approximate surface area is 218 Å². The van der Waals surface area contributed by atoms with Crippen molar-refractivity contribution in [3.8, 4) is 9.75 Å². The molecule has 0 aromatic carbocycles. The average Bonchev–Trinajstić information content (AvgIpc) is 3.51. The number of thioether (sulfide) groups is 2. The van der Waals surface area contributed by atoms with E-state index in [4.69, 9.17) is 24.4 Å². The predicted octanol–water partition coefficient (Wildman–Crippen LogP) is 5.94. The molecule has 2 aliphatic heterocycles. The maximum absolute atomic E-state index is 12.6. The summed E-state index contributed by atoms with van der Waals surface area (Å²) in [5, 5.41) is 2.43. The average molecular weight is 551 g/mol. The van der Waals surface area contributed by atoms with Crippen LogP contribution in [0.2, 0.25) is 0 Å². The molecule has 0 atom stereocenters. The van der Waals surface area contributed by atoms with Gasteiger partial charge in [-0.1, -0.05) is 38.3 Å². The maximum atomic E-state index is 12.6. The molecule has 0 spiro atoms. The molecule has 4 heterocycles. The molecule has 33 heavy (non-hydrogen) atoms. The Balaban J connectivity index is 1.49. The van der Waals surface area contributed by atoms with Crippen LogP contribution in [0.3, 0.4) is 0 Å². The number of thiocarbonyl (C=S) groups is 2. The summed E-state index contributed by atoms with van der Waals surface area (Å²) in [5.74, 6) is -0.263. The molecule has 5 rings (SSSR count). The van der Waals surface area contributed by atoms with E-state index in [1.807, 2.05) is 13.8 Å². The van der Waals surface area contributed by atoms with Crippen LogP contribution in [0.25, 0.3) is 9.75 Å². The minimum Gasteiger partial charge on any atom is -0.292 e. The van der Waals surface area contributed by atoms with Crippen LogP contribution in [-0.4, -0.2) is 53.4 Å². The smallest absolute Gasteiger partial charge is 0.285 e. The number of hydrogen-bond donors (Lipinski definition) is 0. The first-order valence-electron chi connectivity index (χ1n) is 10.2. The molecular formula is C21H18N4O2S6. The summed E-state index contributed by atoms with van der Waals surface area (Å²) >= 11 is 16.2. The van der Waals surface area contributed by atoms with Gasteiger partial charge in [0.1, 0.15) is 18.6 Å². The largest absolute Gasteiger partial charge is 0.292 e. The van der Waals surface area contributed by atoms with Gasteiger partial charge >= 0.3 is 0 Å². The molecule has 2 saturated heterocycles. The van der Waals surface area contributed by atoms with E-state index < -0.39 is 0 Å². The number of fused-ring (bicyclic) bond motifs is 3. The molecule has 1 aliphatic carbocycles. The summed E-state index contributed by atoms with van der Waals surface area (Å²) < 4.78 is 1.10. The van der Waals surface area contributed by atoms with Gasteiger partial charge in [0.15, 0.2) is 10.1 Å². The first kappa shape index (κ1) is 23.3. The Morgan fingerprint density at radius 1 is 0.818 bits per heavy atom. The summed E-state index contributed by atoms with van der Waals surface area (Å²) in [6.07, 6.45) is 0. The third-order valence-corrected chi connectivity index (χ3v) is 10.6. The van der Waals surface area contributed by atoms with Crippen molar-refractivity contribution in [3.63, 3.8) is 0 Å². The fraction of sp³-hybridized carbons (Fsp3) is 0.333. The van der Waals surface area contributed by atoms with E-state index in [1.165, 1.54) is 34.7 Å². The van der Waals surface area contributed by atoms with Gasteiger partial charge in [0.2, 0.25) is 0 Å². The third kappa shape index (κ3) is 3.66. The Morgan fingerprint density at radius 3 is 1.55 bits per heavy atom. The van der Waals surface area contributed by atoms with Crippen molar-refractivity contribution in [1.29, 1.82) is 0 Å². The highest BCUT2D eigenvalue weighted by atomic mass is 32.2. The quantitative estimate of drug-likeness (QED) is 0.439. The lowest BCUT2D eigenvalue weighted by molar-refractivity contribution is -0.120. The van der Waals surface area contributed by atoms with Crippen molar-refractivity contribution < 1.29 is 9.59 Å². The SMILES string of the molecule is CCN1C(=O)C(=Nc2cc3c(s2)-c2sc(N=C4SC(=S)N(CC)C4=O)cc2C3(C)C)SC1=S. The van der Waals surface area contributed by atoms with Gasteiger partial charge in [-0.3, -0.25) is 19.4 Å². The molecular weight excluding hydrogens is 533 g/mol. The molecule has 0 radical (unpaired) electrons. The number of hydrogen-bond acceptors (Lipinski definition) is 10. The Kier molecular flexibility index (Phi) is 5.90. The zero-order valence-corrected chi connectivity index (χ0v) is 23.0. The number of carbonyl (C=O) groups excluding carboxylic acids is 2. The van der Waals surface area contributed by atoms with E-state index in [2.05, 4.69) is 36.0 Å². The number of rotatable bonds is 4. The molecule has 0 saturated carbocycles. The highest BCUT2D eigenvalue weighted by Crippen LogP contribution is 2.58. The van der Waals surface area contributed by atoms with Crippen LogP contribution in [0.4, 0.5) is 10.0 Å². The van der Waals surface area contributed by atoms with E-state index in [0.29, 0.717) is 31.8 Å². The summed E-state index contributed by atoms with van der Waals surface area (Å²) in [6, 6.07) is 4.15. The molecule has 170 valence electrons. The molecule has 0 bridgehead atoms. The summed E-state index contributed by atoms with van der Waals surface area (Å²) in [6.45, 7) is 9.25. The molecule has 0 N–H and O–H groups in total. The van der Waals surface area contributed by atoms with Crippen molar-refractivity contribution >= 4 is 111 Å². The summed E-state index contributed by atoms with van der Waals surface area (Å²) in [7, 11) is 0. The second-order valence-electron chi connectivity index (χ2n) is 7.95. The number of thiophene rings is 2. The second kappa shape index (κ2) is 8.35. The minimum atomic E-state index is -0.219. The van der Waals surface area contributed by atoms with Crippen LogP contribution < -0.4 is 0 Å². The lowest BCUT2D eigenvalue weighted by atomic mass is 9.84. The normalized spacial score (nSPS) is 21.8. The Hall–Kier alpha value is -1.44. The van der Waals surface area contributed by atoms with Gasteiger partial charge in [-0.25, -0.2) is 9.98 Å². The zero-order chi connectivity index (χ0) is 23.7. The van der Waals surface area contributed by atoms with E-state index in [1.54, 1.807) is 32.5 Å². The van der Waals surface area contributed by atoms with Crippen LogP contribution in [0, 0.1) is 0 Å². The fourth-order valence-electron chi connectivity index (χ4n) is 3.92. The van der Waals surface area contributed by atoms with Crippen molar-refractivity contribution in [3.05, 3.63) is 23.3 Å².